The van der Waals surface area contributed by atoms with E-state index in [9.17, 15) is 19.1 Å². The van der Waals surface area contributed by atoms with Crippen LogP contribution < -0.4 is 9.84 Å². The maximum Gasteiger partial charge on any atom is 0.365 e. The quantitative estimate of drug-likeness (QED) is 0.369. The second-order valence-corrected chi connectivity index (χ2v) is 8.77. The Bertz CT molecular complexity index is 1170. The first kappa shape index (κ1) is 24.4. The van der Waals surface area contributed by atoms with Gasteiger partial charge in [-0.05, 0) is 36.8 Å². The number of benzene rings is 3. The molecule has 1 unspecified atom stereocenters. The minimum Gasteiger partial charge on any atom is -0.498 e. The van der Waals surface area contributed by atoms with Crippen molar-refractivity contribution < 1.29 is 33.0 Å². The van der Waals surface area contributed by atoms with Crippen LogP contribution in [0.1, 0.15) is 42.0 Å². The van der Waals surface area contributed by atoms with Crippen molar-refractivity contribution in [2.24, 2.45) is 0 Å². The number of ether oxygens (including phenoxy) is 2. The summed E-state index contributed by atoms with van der Waals surface area (Å²) < 4.78 is 24.1. The summed E-state index contributed by atoms with van der Waals surface area (Å²) >= 11 is 0. The van der Waals surface area contributed by atoms with Gasteiger partial charge in [0.25, 0.3) is 6.09 Å². The molecular weight excluding hydrogens is 449 g/mol. The van der Waals surface area contributed by atoms with Crippen molar-refractivity contribution in [3.05, 3.63) is 101 Å². The fraction of sp³-hybridized carbons (Fsp3) is 0.286. The molecule has 3 atom stereocenters. The monoisotopic (exact) mass is 477 g/mol. The zero-order chi connectivity index (χ0) is 24.8. The summed E-state index contributed by atoms with van der Waals surface area (Å²) in [7, 11) is 1.28. The fourth-order valence-electron chi connectivity index (χ4n) is 5.04. The predicted molar refractivity (Wildman–Crippen MR) is 125 cm³/mol. The number of carbonyl (C=O) groups excluding carboxylic acids is 2. The lowest BCUT2D eigenvalue weighted by Crippen LogP contribution is -2.68. The average Bonchev–Trinajstić information content (AvgIpc) is 2.88. The van der Waals surface area contributed by atoms with Crippen LogP contribution >= 0.6 is 0 Å². The second kappa shape index (κ2) is 10.7. The Balaban J connectivity index is 1.65. The van der Waals surface area contributed by atoms with E-state index in [2.05, 4.69) is 0 Å². The Hall–Kier alpha value is -3.71. The van der Waals surface area contributed by atoms with Crippen LogP contribution in [0.3, 0.4) is 0 Å². The number of hydrogen-bond donors (Lipinski definition) is 0. The Morgan fingerprint density at radius 2 is 1.66 bits per heavy atom. The highest BCUT2D eigenvalue weighted by atomic mass is 19.1. The van der Waals surface area contributed by atoms with Crippen LogP contribution in [0.25, 0.3) is 0 Å². The number of carbonyl (C=O) groups is 2. The molecule has 1 aliphatic heterocycles. The zero-order valence-electron chi connectivity index (χ0n) is 19.6. The lowest BCUT2D eigenvalue weighted by Gasteiger charge is -2.51. The van der Waals surface area contributed by atoms with E-state index in [0.717, 1.165) is 11.1 Å². The van der Waals surface area contributed by atoms with E-state index in [1.54, 1.807) is 30.3 Å². The normalized spacial score (nSPS) is 21.8. The molecule has 7 heteroatoms. The molecule has 1 saturated heterocycles. The number of likely N-dealkylation sites (tertiary alicyclic amines) is 1. The van der Waals surface area contributed by atoms with Gasteiger partial charge in [-0.1, -0.05) is 48.5 Å². The number of methoxy groups -OCH3 is 1. The van der Waals surface area contributed by atoms with E-state index < -0.39 is 28.6 Å². The van der Waals surface area contributed by atoms with E-state index in [1.165, 1.54) is 13.2 Å². The van der Waals surface area contributed by atoms with Crippen LogP contribution in [0.2, 0.25) is 0 Å². The van der Waals surface area contributed by atoms with E-state index >= 15 is 0 Å². The molecule has 0 bridgehead atoms. The molecule has 0 saturated carbocycles. The largest absolute Gasteiger partial charge is 0.498 e. The second-order valence-electron chi connectivity index (χ2n) is 8.77. The van der Waals surface area contributed by atoms with E-state index in [1.807, 2.05) is 42.5 Å². The smallest absolute Gasteiger partial charge is 0.365 e. The van der Waals surface area contributed by atoms with E-state index in [4.69, 9.17) is 9.47 Å². The molecule has 0 aromatic heterocycles. The van der Waals surface area contributed by atoms with Gasteiger partial charge in [0.1, 0.15) is 30.8 Å². The van der Waals surface area contributed by atoms with E-state index in [-0.39, 0.29) is 19.0 Å². The number of hydrogen-bond acceptors (Lipinski definition) is 5. The molecule has 0 aliphatic carbocycles. The summed E-state index contributed by atoms with van der Waals surface area (Å²) in [6, 6.07) is 21.3. The van der Waals surface area contributed by atoms with Crippen LogP contribution in [-0.4, -0.2) is 29.7 Å². The maximum absolute atomic E-state index is 13.9. The molecule has 3 aromatic carbocycles. The summed E-state index contributed by atoms with van der Waals surface area (Å²) in [4.78, 5) is 25.6. The molecular formula is C28H28FNO5. The summed E-state index contributed by atoms with van der Waals surface area (Å²) in [5.41, 5.74) is 2.00. The van der Waals surface area contributed by atoms with Crippen LogP contribution in [0, 0.1) is 5.82 Å². The van der Waals surface area contributed by atoms with Gasteiger partial charge in [-0.25, -0.2) is 9.18 Å². The number of amides is 1. The summed E-state index contributed by atoms with van der Waals surface area (Å²) in [6.45, 7) is 0.173. The number of halogens is 1. The van der Waals surface area contributed by atoms with Crippen LogP contribution in [0.5, 0.6) is 5.75 Å². The van der Waals surface area contributed by atoms with Gasteiger partial charge < -0.3 is 19.4 Å². The molecule has 1 aliphatic rings. The topological polar surface area (TPSA) is 75.7 Å². The van der Waals surface area contributed by atoms with Crippen LogP contribution in [-0.2, 0) is 22.7 Å². The van der Waals surface area contributed by atoms with Gasteiger partial charge in [0, 0.05) is 29.5 Å². The summed E-state index contributed by atoms with van der Waals surface area (Å²) in [5, 5.41) is 12.8. The van der Waals surface area contributed by atoms with Gasteiger partial charge in [-0.2, -0.15) is 0 Å². The molecule has 0 N–H and O–H groups in total. The van der Waals surface area contributed by atoms with Crippen LogP contribution in [0.4, 0.5) is 9.18 Å². The van der Waals surface area contributed by atoms with Crippen molar-refractivity contribution in [2.45, 2.75) is 44.5 Å². The summed E-state index contributed by atoms with van der Waals surface area (Å²) in [6.07, 6.45) is 0.337. The van der Waals surface area contributed by atoms with Gasteiger partial charge in [0.05, 0.1) is 7.11 Å². The number of carboxylic acid groups (broad SMARTS) is 1. The maximum atomic E-state index is 13.9. The molecule has 1 fully saturated rings. The van der Waals surface area contributed by atoms with Crippen LogP contribution in [0.15, 0.2) is 78.9 Å². The van der Waals surface area contributed by atoms with Crippen molar-refractivity contribution >= 4 is 12.1 Å². The number of quaternary nitrogens is 1. The van der Waals surface area contributed by atoms with Gasteiger partial charge in [-0.15, -0.1) is 0 Å². The van der Waals surface area contributed by atoms with Gasteiger partial charge in [0.2, 0.25) is 0 Å². The molecule has 182 valence electrons. The van der Waals surface area contributed by atoms with Gasteiger partial charge in [-0.3, -0.25) is 4.48 Å². The molecule has 0 radical (unpaired) electrons. The molecule has 35 heavy (non-hydrogen) atoms. The third-order valence-corrected chi connectivity index (χ3v) is 6.78. The van der Waals surface area contributed by atoms with Crippen molar-refractivity contribution in [1.82, 2.24) is 0 Å². The van der Waals surface area contributed by atoms with Gasteiger partial charge >= 0.3 is 5.97 Å². The highest BCUT2D eigenvalue weighted by molar-refractivity contribution is 5.76. The number of esters is 1. The number of rotatable bonds is 7. The zero-order valence-corrected chi connectivity index (χ0v) is 19.6. The predicted octanol–water partition coefficient (Wildman–Crippen LogP) is 4.53. The Morgan fingerprint density at radius 1 is 0.971 bits per heavy atom. The Labute approximate surface area is 204 Å². The van der Waals surface area contributed by atoms with Gasteiger partial charge in [0.15, 0.2) is 6.04 Å². The average molecular weight is 478 g/mol. The molecule has 0 spiro atoms. The standard InChI is InChI=1S/C28H28FNO5/c1-34-27(31)26-13-7-12-25(30(26,28(32)33)18-20-8-3-2-4-9-20)21-14-16-23(17-15-21)35-19-22-10-5-6-11-24(22)29/h2-6,8-11,14-17,25-26H,7,12-13,18-19H2,1H3/t25-,26+,30?/m1/s1. The third-order valence-electron chi connectivity index (χ3n) is 6.78. The fourth-order valence-corrected chi connectivity index (χ4v) is 5.04. The lowest BCUT2D eigenvalue weighted by molar-refractivity contribution is -0.937. The first-order valence-electron chi connectivity index (χ1n) is 11.6. The summed E-state index contributed by atoms with van der Waals surface area (Å²) in [5.74, 6) is -0.358. The third kappa shape index (κ3) is 5.05. The minimum absolute atomic E-state index is 0.0763. The molecule has 1 heterocycles. The van der Waals surface area contributed by atoms with Crippen molar-refractivity contribution in [1.29, 1.82) is 0 Å². The highest BCUT2D eigenvalue weighted by Crippen LogP contribution is 2.44. The first-order valence-corrected chi connectivity index (χ1v) is 11.6. The number of piperidine rings is 1. The van der Waals surface area contributed by atoms with Crippen molar-refractivity contribution in [2.75, 3.05) is 7.11 Å². The SMILES string of the molecule is COC(=O)[C@@H]1CCC[C@H](c2ccc(OCc3ccccc3F)cc2)[N+]1(Cc1ccccc1)C(=O)[O-]. The molecule has 3 aromatic rings. The molecule has 1 amide bonds. The molecule has 6 nitrogen and oxygen atoms in total. The highest BCUT2D eigenvalue weighted by Gasteiger charge is 2.53. The minimum atomic E-state index is -1.31. The van der Waals surface area contributed by atoms with Crippen molar-refractivity contribution in [3.8, 4) is 5.75 Å². The van der Waals surface area contributed by atoms with E-state index in [0.29, 0.717) is 30.6 Å². The van der Waals surface area contributed by atoms with Crippen molar-refractivity contribution in [3.63, 3.8) is 0 Å². The lowest BCUT2D eigenvalue weighted by atomic mass is 9.86. The first-order chi connectivity index (χ1) is 17.0. The Kier molecular flexibility index (Phi) is 7.46. The number of nitrogens with zero attached hydrogens (tertiary/aromatic N) is 1. The molecule has 4 rings (SSSR count). The Morgan fingerprint density at radius 3 is 2.31 bits per heavy atom.